The predicted molar refractivity (Wildman–Crippen MR) is 105 cm³/mol. The number of amides is 1. The van der Waals surface area contributed by atoms with Crippen molar-refractivity contribution in [2.75, 3.05) is 12.1 Å². The highest BCUT2D eigenvalue weighted by Gasteiger charge is 2.52. The van der Waals surface area contributed by atoms with Crippen LogP contribution in [0.15, 0.2) is 63.8 Å². The summed E-state index contributed by atoms with van der Waals surface area (Å²) in [4.78, 5) is 18.5. The monoisotopic (exact) mass is 396 g/mol. The molecule has 0 spiro atoms. The van der Waals surface area contributed by atoms with Gasteiger partial charge in [-0.05, 0) is 42.7 Å². The zero-order valence-corrected chi connectivity index (χ0v) is 15.9. The van der Waals surface area contributed by atoms with Gasteiger partial charge in [0.2, 0.25) is 12.7 Å². The highest BCUT2D eigenvalue weighted by Crippen LogP contribution is 2.51. The van der Waals surface area contributed by atoms with Gasteiger partial charge < -0.3 is 14.8 Å². The van der Waals surface area contributed by atoms with E-state index in [1.807, 2.05) is 36.4 Å². The number of anilines is 1. The van der Waals surface area contributed by atoms with Gasteiger partial charge in [0.25, 0.3) is 0 Å². The molecule has 1 saturated carbocycles. The van der Waals surface area contributed by atoms with Crippen LogP contribution in [0.1, 0.15) is 18.4 Å². The summed E-state index contributed by atoms with van der Waals surface area (Å²) in [6.45, 7) is 0.235. The van der Waals surface area contributed by atoms with E-state index in [-0.39, 0.29) is 12.7 Å². The molecule has 0 saturated heterocycles. The van der Waals surface area contributed by atoms with Gasteiger partial charge in [0, 0.05) is 4.90 Å². The lowest BCUT2D eigenvalue weighted by molar-refractivity contribution is -0.118. The molecule has 1 aliphatic carbocycles. The number of ether oxygens (including phenoxy) is 2. The van der Waals surface area contributed by atoms with Crippen molar-refractivity contribution in [1.29, 1.82) is 0 Å². The van der Waals surface area contributed by atoms with Crippen molar-refractivity contribution in [2.24, 2.45) is 0 Å². The first kappa shape index (κ1) is 16.6. The molecule has 0 radical (unpaired) electrons. The Morgan fingerprint density at radius 3 is 2.74 bits per heavy atom. The number of carbonyl (C=O) groups is 1. The average Bonchev–Trinajstić information content (AvgIpc) is 3.17. The summed E-state index contributed by atoms with van der Waals surface area (Å²) in [5.41, 5.74) is 0.485. The molecule has 0 unspecified atom stereocenters. The fraction of sp³-hybridized carbons (Fsp3) is 0.200. The molecule has 1 fully saturated rings. The lowest BCUT2D eigenvalue weighted by atomic mass is 9.94. The van der Waals surface area contributed by atoms with Crippen molar-refractivity contribution in [1.82, 2.24) is 4.98 Å². The first-order valence-electron chi connectivity index (χ1n) is 8.63. The van der Waals surface area contributed by atoms with Crippen LogP contribution in [0, 0.1) is 0 Å². The quantitative estimate of drug-likeness (QED) is 0.678. The van der Waals surface area contributed by atoms with Crippen molar-refractivity contribution >= 4 is 34.1 Å². The molecular formula is C20H16N2O3S2. The Morgan fingerprint density at radius 2 is 1.93 bits per heavy atom. The Morgan fingerprint density at radius 1 is 1.11 bits per heavy atom. The predicted octanol–water partition coefficient (Wildman–Crippen LogP) is 4.69. The zero-order valence-electron chi connectivity index (χ0n) is 14.3. The molecule has 1 N–H and O–H groups in total. The second-order valence-corrected chi connectivity index (χ2v) is 8.91. The summed E-state index contributed by atoms with van der Waals surface area (Å²) in [7, 11) is 0. The van der Waals surface area contributed by atoms with Gasteiger partial charge >= 0.3 is 0 Å². The summed E-state index contributed by atoms with van der Waals surface area (Å²) in [6, 6.07) is 15.9. The molecule has 1 aliphatic heterocycles. The summed E-state index contributed by atoms with van der Waals surface area (Å²) in [5.74, 6) is 1.44. The van der Waals surface area contributed by atoms with Gasteiger partial charge in [-0.25, -0.2) is 4.98 Å². The van der Waals surface area contributed by atoms with Crippen molar-refractivity contribution in [2.45, 2.75) is 27.4 Å². The summed E-state index contributed by atoms with van der Waals surface area (Å²) >= 11 is 3.13. The minimum absolute atomic E-state index is 0.00743. The second-order valence-electron chi connectivity index (χ2n) is 6.50. The Balaban J connectivity index is 1.30. The standard InChI is InChI=1S/C20H16N2O3S2/c23-18(20(8-9-20)13-6-7-15-16(10-13)25-12-24-15)22-19-21-11-17(27-19)26-14-4-2-1-3-5-14/h1-7,10-11H,8-9,12H2,(H,21,22,23). The minimum Gasteiger partial charge on any atom is -0.454 e. The van der Waals surface area contributed by atoms with E-state index in [2.05, 4.69) is 22.4 Å². The topological polar surface area (TPSA) is 60.5 Å². The molecule has 1 aromatic heterocycles. The number of hydrogen-bond acceptors (Lipinski definition) is 6. The van der Waals surface area contributed by atoms with E-state index in [4.69, 9.17) is 9.47 Å². The Labute approximate surface area is 164 Å². The summed E-state index contributed by atoms with van der Waals surface area (Å²) in [6.07, 6.45) is 3.46. The van der Waals surface area contributed by atoms with E-state index < -0.39 is 5.41 Å². The molecule has 0 bridgehead atoms. The van der Waals surface area contributed by atoms with Crippen molar-refractivity contribution in [3.05, 3.63) is 60.3 Å². The van der Waals surface area contributed by atoms with Gasteiger partial charge in [-0.1, -0.05) is 47.4 Å². The number of rotatable bonds is 5. The van der Waals surface area contributed by atoms with Crippen LogP contribution in [0.2, 0.25) is 0 Å². The van der Waals surface area contributed by atoms with Gasteiger partial charge in [-0.3, -0.25) is 4.79 Å². The Bertz CT molecular complexity index is 999. The maximum absolute atomic E-state index is 12.9. The average molecular weight is 396 g/mol. The van der Waals surface area contributed by atoms with Crippen LogP contribution in [-0.4, -0.2) is 17.7 Å². The lowest BCUT2D eigenvalue weighted by Crippen LogP contribution is -2.27. The first-order valence-corrected chi connectivity index (χ1v) is 10.3. The van der Waals surface area contributed by atoms with E-state index in [1.54, 1.807) is 18.0 Å². The van der Waals surface area contributed by atoms with Gasteiger partial charge in [-0.15, -0.1) is 0 Å². The van der Waals surface area contributed by atoms with Crippen LogP contribution in [0.3, 0.4) is 0 Å². The van der Waals surface area contributed by atoms with Gasteiger partial charge in [0.15, 0.2) is 16.6 Å². The van der Waals surface area contributed by atoms with Crippen molar-refractivity contribution in [3.63, 3.8) is 0 Å². The molecule has 5 rings (SSSR count). The van der Waals surface area contributed by atoms with Crippen molar-refractivity contribution < 1.29 is 14.3 Å². The smallest absolute Gasteiger partial charge is 0.236 e. The molecule has 1 amide bonds. The Hall–Kier alpha value is -2.51. The second kappa shape index (κ2) is 6.58. The third-order valence-corrected chi connectivity index (χ3v) is 6.80. The maximum atomic E-state index is 12.9. The molecule has 0 atom stereocenters. The Kier molecular flexibility index (Phi) is 4.06. The molecule has 27 heavy (non-hydrogen) atoms. The van der Waals surface area contributed by atoms with Crippen LogP contribution in [0.4, 0.5) is 5.13 Å². The maximum Gasteiger partial charge on any atom is 0.236 e. The third-order valence-electron chi connectivity index (χ3n) is 4.78. The molecule has 2 aliphatic rings. The summed E-state index contributed by atoms with van der Waals surface area (Å²) < 4.78 is 11.9. The fourth-order valence-corrected chi connectivity index (χ4v) is 5.02. The fourth-order valence-electron chi connectivity index (χ4n) is 3.15. The molecule has 136 valence electrons. The molecule has 3 aromatic rings. The van der Waals surface area contributed by atoms with E-state index in [1.165, 1.54) is 11.3 Å². The van der Waals surface area contributed by atoms with Crippen LogP contribution >= 0.6 is 23.1 Å². The zero-order chi connectivity index (χ0) is 18.3. The normalized spacial score (nSPS) is 16.1. The van der Waals surface area contributed by atoms with Gasteiger partial charge in [-0.2, -0.15) is 0 Å². The number of aromatic nitrogens is 1. The molecule has 5 nitrogen and oxygen atoms in total. The number of benzene rings is 2. The summed E-state index contributed by atoms with van der Waals surface area (Å²) in [5, 5.41) is 3.63. The van der Waals surface area contributed by atoms with Crippen LogP contribution in [-0.2, 0) is 10.2 Å². The van der Waals surface area contributed by atoms with E-state index in [9.17, 15) is 4.79 Å². The third kappa shape index (κ3) is 3.17. The van der Waals surface area contributed by atoms with Crippen LogP contribution < -0.4 is 14.8 Å². The number of carbonyl (C=O) groups excluding carboxylic acids is 1. The number of nitrogens with zero attached hydrogens (tertiary/aromatic N) is 1. The highest BCUT2D eigenvalue weighted by atomic mass is 32.2. The van der Waals surface area contributed by atoms with Gasteiger partial charge in [0.05, 0.1) is 15.8 Å². The van der Waals surface area contributed by atoms with Crippen LogP contribution in [0.25, 0.3) is 0 Å². The molecule has 2 heterocycles. The molecular weight excluding hydrogens is 380 g/mol. The largest absolute Gasteiger partial charge is 0.454 e. The highest BCUT2D eigenvalue weighted by molar-refractivity contribution is 8.01. The molecule has 7 heteroatoms. The minimum atomic E-state index is -0.487. The number of thiazole rings is 1. The number of fused-ring (bicyclic) bond motifs is 1. The van der Waals surface area contributed by atoms with Crippen molar-refractivity contribution in [3.8, 4) is 11.5 Å². The van der Waals surface area contributed by atoms with Crippen LogP contribution in [0.5, 0.6) is 11.5 Å². The first-order chi connectivity index (χ1) is 13.2. The lowest BCUT2D eigenvalue weighted by Gasteiger charge is -2.15. The SMILES string of the molecule is O=C(Nc1ncc(Sc2ccccc2)s1)C1(c2ccc3c(c2)OCO3)CC1. The van der Waals surface area contributed by atoms with E-state index in [0.29, 0.717) is 10.9 Å². The van der Waals surface area contributed by atoms with E-state index in [0.717, 1.165) is 33.3 Å². The van der Waals surface area contributed by atoms with E-state index >= 15 is 0 Å². The van der Waals surface area contributed by atoms with Gasteiger partial charge in [0.1, 0.15) is 0 Å². The number of nitrogens with one attached hydrogen (secondary N) is 1. The number of hydrogen-bond donors (Lipinski definition) is 1. The molecule has 2 aromatic carbocycles.